The fourth-order valence-corrected chi connectivity index (χ4v) is 16.4. The predicted molar refractivity (Wildman–Crippen MR) is 426 cm³/mol. The van der Waals surface area contributed by atoms with Crippen molar-refractivity contribution in [2.24, 2.45) is 0 Å². The van der Waals surface area contributed by atoms with Crippen molar-refractivity contribution in [1.82, 2.24) is 9.13 Å². The highest BCUT2D eigenvalue weighted by Crippen LogP contribution is 2.55. The molecule has 0 unspecified atom stereocenters. The number of nitrogens with zero attached hydrogens (tertiary/aromatic N) is 5. The molecule has 474 valence electrons. The van der Waals surface area contributed by atoms with E-state index in [0.717, 1.165) is 150 Å². The lowest BCUT2D eigenvalue weighted by molar-refractivity contribution is -0.594. The molecule has 0 saturated carbocycles. The van der Waals surface area contributed by atoms with Crippen LogP contribution in [0.5, 0.6) is 0 Å². The van der Waals surface area contributed by atoms with E-state index < -0.39 is 48.4 Å². The maximum atomic E-state index is 9.81. The highest BCUT2D eigenvalue weighted by Gasteiger charge is 2.46. The highest BCUT2D eigenvalue weighted by atomic mass is 15.2. The molecule has 0 aliphatic carbocycles. The van der Waals surface area contributed by atoms with Crippen molar-refractivity contribution >= 4 is 122 Å². The summed E-state index contributed by atoms with van der Waals surface area (Å²) in [6, 6.07) is 101. The van der Waals surface area contributed by atoms with Crippen LogP contribution in [0.25, 0.3) is 127 Å². The van der Waals surface area contributed by atoms with E-state index in [9.17, 15) is 8.22 Å². The maximum Gasteiger partial charge on any atom is 0.252 e. The summed E-state index contributed by atoms with van der Waals surface area (Å²) in [5, 5.41) is 6.86. The fraction of sp³-hybridized carbons (Fsp3) is 0.0421. The summed E-state index contributed by atoms with van der Waals surface area (Å²) in [5.74, 6) is 0. The Morgan fingerprint density at radius 3 is 1.47 bits per heavy atom. The zero-order valence-corrected chi connectivity index (χ0v) is 55.7. The number of benzene rings is 15. The van der Waals surface area contributed by atoms with Gasteiger partial charge < -0.3 is 18.9 Å². The van der Waals surface area contributed by atoms with Crippen molar-refractivity contribution < 1.29 is 15.5 Å². The van der Waals surface area contributed by atoms with E-state index in [1.807, 2.05) is 18.2 Å². The molecule has 0 amide bonds. The second-order valence-corrected chi connectivity index (χ2v) is 27.6. The predicted octanol–water partition coefficient (Wildman–Crippen LogP) is 22.5. The standard InChI is InChI=1S/C95H67BN5/c1-95(2,3)66-57-90-92-91(58-66)101(94-73(64-31-12-6-13-32-64)42-25-45-80(94)75-44-26-43-74-70-36-17-16-33-65(70)49-52-76(74)75)88-59-68(97-56-55-87-81(61-97)79-39-20-23-48-86(79)98(87)67-34-14-7-15-35-67)50-53-82(88)96(92)83-54-51-69(99-84-46-21-18-37-77(84)78-38-19-22-47-85(78)99)60-89(83)100(90)93-71(62-27-8-4-9-28-62)40-24-41-72(93)63-29-10-5-11-30-63/h4-61H,1-3H3/q+1/i18D,19D,21D,22D,37D,38D,46D,47D. The van der Waals surface area contributed by atoms with Crippen molar-refractivity contribution in [3.8, 4) is 61.6 Å². The minimum atomic E-state index is -0.499. The van der Waals surface area contributed by atoms with Crippen LogP contribution in [0.4, 0.5) is 34.1 Å². The molecule has 0 fully saturated rings. The van der Waals surface area contributed by atoms with Crippen molar-refractivity contribution in [3.63, 3.8) is 0 Å². The number of hydrogen-bond acceptors (Lipinski definition) is 2. The zero-order valence-electron chi connectivity index (χ0n) is 63.7. The van der Waals surface area contributed by atoms with Crippen LogP contribution < -0.4 is 30.8 Å². The lowest BCUT2D eigenvalue weighted by Crippen LogP contribution is -2.61. The Bertz CT molecular complexity index is 6760. The third-order valence-corrected chi connectivity index (χ3v) is 21.0. The summed E-state index contributed by atoms with van der Waals surface area (Å²) in [4.78, 5) is 5.01. The van der Waals surface area contributed by atoms with Gasteiger partial charge in [-0.3, -0.25) is 0 Å². The van der Waals surface area contributed by atoms with Gasteiger partial charge in [-0.1, -0.05) is 288 Å². The molecule has 101 heavy (non-hydrogen) atoms. The van der Waals surface area contributed by atoms with Crippen LogP contribution in [0.2, 0.25) is 0 Å². The van der Waals surface area contributed by atoms with Gasteiger partial charge in [0.25, 0.3) is 6.71 Å². The second-order valence-electron chi connectivity index (χ2n) is 27.6. The Kier molecular flexibility index (Phi) is 11.5. The van der Waals surface area contributed by atoms with Gasteiger partial charge in [0.05, 0.1) is 49.8 Å². The normalized spacial score (nSPS) is 13.8. The van der Waals surface area contributed by atoms with Gasteiger partial charge in [-0.2, -0.15) is 4.57 Å². The summed E-state index contributed by atoms with van der Waals surface area (Å²) in [5.41, 5.74) is 21.8. The summed E-state index contributed by atoms with van der Waals surface area (Å²) in [7, 11) is 0. The molecule has 0 spiro atoms. The Morgan fingerprint density at radius 2 is 0.832 bits per heavy atom. The second kappa shape index (κ2) is 22.9. The largest absolute Gasteiger partial charge is 0.310 e. The number of rotatable bonds is 9. The van der Waals surface area contributed by atoms with E-state index in [-0.39, 0.29) is 33.9 Å². The Labute approximate surface area is 598 Å². The van der Waals surface area contributed by atoms with E-state index in [0.29, 0.717) is 5.69 Å². The van der Waals surface area contributed by atoms with Gasteiger partial charge in [0, 0.05) is 90.7 Å². The summed E-state index contributed by atoms with van der Waals surface area (Å²) in [6.07, 6.45) is 4.46. The SMILES string of the molecule is [2H]c1c([2H])c([2H])c2c(c1[2H])c1c([2H])c([2H])c([2H])c([2H])c1n2-c1ccc2c(c1)N(c1c(-c3ccccc3)cccc1-c1ccccc1)c1cc(C(C)(C)C)cc3c1B2c1ccc(-[n+]2ccc4c(c2)c2ccccc2n4-c2ccccc2)cc1N3c1c(-c2ccccc2)cccc1-c1cccc2c1ccc1ccccc12. The summed E-state index contributed by atoms with van der Waals surface area (Å²) in [6.45, 7) is 6.34. The van der Waals surface area contributed by atoms with Crippen molar-refractivity contribution in [1.29, 1.82) is 0 Å². The van der Waals surface area contributed by atoms with Crippen LogP contribution in [0.1, 0.15) is 37.3 Å². The third-order valence-electron chi connectivity index (χ3n) is 21.0. The molecule has 6 heteroatoms. The molecular weight excluding hydrogens is 1220 g/mol. The van der Waals surface area contributed by atoms with Gasteiger partial charge >= 0.3 is 0 Å². The number of para-hydroxylation sites is 6. The molecular formula is C95H67BN5+. The zero-order chi connectivity index (χ0) is 74.0. The van der Waals surface area contributed by atoms with Crippen molar-refractivity contribution in [2.45, 2.75) is 26.2 Å². The fourth-order valence-electron chi connectivity index (χ4n) is 16.4. The number of pyridine rings is 1. The minimum Gasteiger partial charge on any atom is -0.310 e. The summed E-state index contributed by atoms with van der Waals surface area (Å²) < 4.78 is 81.5. The lowest BCUT2D eigenvalue weighted by atomic mass is 9.33. The van der Waals surface area contributed by atoms with Crippen LogP contribution in [0.15, 0.2) is 352 Å². The van der Waals surface area contributed by atoms with Crippen LogP contribution in [-0.4, -0.2) is 15.8 Å². The molecule has 0 N–H and O–H groups in total. The third kappa shape index (κ3) is 9.15. The quantitative estimate of drug-likeness (QED) is 0.0815. The van der Waals surface area contributed by atoms with E-state index in [2.05, 4.69) is 325 Å². The van der Waals surface area contributed by atoms with Gasteiger partial charge in [-0.05, 0) is 126 Å². The molecule has 2 aliphatic heterocycles. The first-order valence-electron chi connectivity index (χ1n) is 38.5. The van der Waals surface area contributed by atoms with Gasteiger partial charge in [-0.15, -0.1) is 0 Å². The van der Waals surface area contributed by atoms with E-state index >= 15 is 0 Å². The van der Waals surface area contributed by atoms with Crippen LogP contribution >= 0.6 is 0 Å². The van der Waals surface area contributed by atoms with E-state index in [1.165, 1.54) is 5.39 Å². The molecule has 0 bridgehead atoms. The van der Waals surface area contributed by atoms with Crippen LogP contribution in [0.3, 0.4) is 0 Å². The molecule has 15 aromatic carbocycles. The molecule has 0 saturated heterocycles. The molecule has 18 aromatic rings. The number of aromatic nitrogens is 3. The van der Waals surface area contributed by atoms with Crippen molar-refractivity contribution in [3.05, 3.63) is 357 Å². The number of hydrogen-bond donors (Lipinski definition) is 0. The Balaban J connectivity index is 0.951. The molecule has 20 rings (SSSR count). The molecule has 5 nitrogen and oxygen atoms in total. The average molecular weight is 1300 g/mol. The molecule has 3 aromatic heterocycles. The Morgan fingerprint density at radius 1 is 0.337 bits per heavy atom. The topological polar surface area (TPSA) is 20.2 Å². The van der Waals surface area contributed by atoms with E-state index in [1.54, 1.807) is 4.57 Å². The minimum absolute atomic E-state index is 0.0104. The average Bonchev–Trinajstić information content (AvgIpc) is 0.915. The monoisotopic (exact) mass is 1300 g/mol. The van der Waals surface area contributed by atoms with Gasteiger partial charge in [0.2, 0.25) is 5.69 Å². The lowest BCUT2D eigenvalue weighted by Gasteiger charge is -2.46. The first kappa shape index (κ1) is 50.6. The summed E-state index contributed by atoms with van der Waals surface area (Å²) >= 11 is 0. The van der Waals surface area contributed by atoms with Gasteiger partial charge in [-0.25, -0.2) is 0 Å². The molecule has 5 heterocycles. The molecule has 0 atom stereocenters. The van der Waals surface area contributed by atoms with Gasteiger partial charge in [0.15, 0.2) is 12.4 Å². The maximum absolute atomic E-state index is 9.81. The van der Waals surface area contributed by atoms with Crippen LogP contribution in [-0.2, 0) is 5.41 Å². The highest BCUT2D eigenvalue weighted by molar-refractivity contribution is 7.00. The smallest absolute Gasteiger partial charge is 0.252 e. The van der Waals surface area contributed by atoms with Crippen LogP contribution in [0, 0.1) is 0 Å². The van der Waals surface area contributed by atoms with Gasteiger partial charge in [0.1, 0.15) is 0 Å². The molecule has 2 aliphatic rings. The van der Waals surface area contributed by atoms with Crippen molar-refractivity contribution in [2.75, 3.05) is 9.80 Å². The number of fused-ring (bicyclic) bond motifs is 13. The first-order chi connectivity index (χ1) is 53.1. The molecule has 0 radical (unpaired) electrons. The Hall–Kier alpha value is -12.8. The number of anilines is 6. The van der Waals surface area contributed by atoms with E-state index in [4.69, 9.17) is 2.74 Å². The first-order valence-corrected chi connectivity index (χ1v) is 34.5.